The number of pyridine rings is 1. The third-order valence-electron chi connectivity index (χ3n) is 3.94. The summed E-state index contributed by atoms with van der Waals surface area (Å²) in [6.07, 6.45) is 5.44. The molecule has 124 valence electrons. The van der Waals surface area contributed by atoms with Crippen LogP contribution in [-0.2, 0) is 0 Å². The molecule has 0 spiro atoms. The van der Waals surface area contributed by atoms with Crippen LogP contribution in [0.4, 0.5) is 11.5 Å². The molecule has 3 aromatic heterocycles. The molecule has 0 radical (unpaired) electrons. The Kier molecular flexibility index (Phi) is 3.78. The van der Waals surface area contributed by atoms with Crippen LogP contribution < -0.4 is 10.1 Å². The molecule has 0 aliphatic heterocycles. The van der Waals surface area contributed by atoms with Crippen molar-refractivity contribution in [2.24, 2.45) is 0 Å². The Morgan fingerprint density at radius 1 is 1.00 bits per heavy atom. The number of imidazole rings is 1. The normalized spacial score (nSPS) is 10.8. The van der Waals surface area contributed by atoms with E-state index in [1.54, 1.807) is 19.5 Å². The van der Waals surface area contributed by atoms with Crippen molar-refractivity contribution in [1.82, 2.24) is 19.4 Å². The molecular weight excluding hydrogens is 314 g/mol. The first kappa shape index (κ1) is 15.1. The summed E-state index contributed by atoms with van der Waals surface area (Å²) in [5.74, 6) is 1.49. The first-order chi connectivity index (χ1) is 12.2. The fraction of sp³-hybridized carbons (Fsp3) is 0.105. The molecule has 0 aliphatic rings. The van der Waals surface area contributed by atoms with Gasteiger partial charge >= 0.3 is 0 Å². The molecule has 4 aromatic rings. The summed E-state index contributed by atoms with van der Waals surface area (Å²) in [7, 11) is 1.65. The molecule has 1 N–H and O–H groups in total. The van der Waals surface area contributed by atoms with E-state index in [4.69, 9.17) is 9.72 Å². The molecule has 0 bridgehead atoms. The number of benzene rings is 1. The SMILES string of the molecule is COc1ccc(Nc2cncc(-c3c(C)nc4ccccn34)n2)cc1. The van der Waals surface area contributed by atoms with Crippen LogP contribution in [0.25, 0.3) is 17.0 Å². The number of nitrogens with one attached hydrogen (secondary N) is 1. The van der Waals surface area contributed by atoms with Gasteiger partial charge in [-0.3, -0.25) is 9.38 Å². The molecule has 0 amide bonds. The van der Waals surface area contributed by atoms with Gasteiger partial charge in [0.2, 0.25) is 0 Å². The lowest BCUT2D eigenvalue weighted by Crippen LogP contribution is -1.98. The predicted octanol–water partition coefficient (Wildman–Crippen LogP) is 3.85. The molecule has 0 unspecified atom stereocenters. The third-order valence-corrected chi connectivity index (χ3v) is 3.94. The summed E-state index contributed by atoms with van der Waals surface area (Å²) < 4.78 is 7.20. The molecule has 6 nitrogen and oxygen atoms in total. The summed E-state index contributed by atoms with van der Waals surface area (Å²) >= 11 is 0. The van der Waals surface area contributed by atoms with Crippen LogP contribution in [0.5, 0.6) is 5.75 Å². The van der Waals surface area contributed by atoms with Gasteiger partial charge in [0.1, 0.15) is 22.9 Å². The van der Waals surface area contributed by atoms with Gasteiger partial charge in [-0.1, -0.05) is 6.07 Å². The molecule has 0 saturated carbocycles. The topological polar surface area (TPSA) is 64.3 Å². The second-order valence-corrected chi connectivity index (χ2v) is 5.62. The standard InChI is InChI=1S/C19H17N5O/c1-13-19(24-10-4-3-5-18(24)21-13)16-11-20-12-17(23-16)22-14-6-8-15(25-2)9-7-14/h3-12H,1-2H3,(H,22,23). The van der Waals surface area contributed by atoms with Crippen molar-refractivity contribution >= 4 is 17.2 Å². The number of hydrogen-bond donors (Lipinski definition) is 1. The molecule has 0 atom stereocenters. The maximum atomic E-state index is 5.18. The van der Waals surface area contributed by atoms with Crippen molar-refractivity contribution in [3.63, 3.8) is 0 Å². The predicted molar refractivity (Wildman–Crippen MR) is 97.2 cm³/mol. The zero-order chi connectivity index (χ0) is 17.2. The highest BCUT2D eigenvalue weighted by Crippen LogP contribution is 2.24. The summed E-state index contributed by atoms with van der Waals surface area (Å²) in [4.78, 5) is 13.6. The zero-order valence-corrected chi connectivity index (χ0v) is 14.0. The van der Waals surface area contributed by atoms with E-state index in [0.717, 1.165) is 34.2 Å². The van der Waals surface area contributed by atoms with Gasteiger partial charge in [-0.2, -0.15) is 0 Å². The number of hydrogen-bond acceptors (Lipinski definition) is 5. The van der Waals surface area contributed by atoms with Crippen LogP contribution in [0, 0.1) is 6.92 Å². The van der Waals surface area contributed by atoms with Gasteiger partial charge in [0.15, 0.2) is 0 Å². The van der Waals surface area contributed by atoms with Gasteiger partial charge in [-0.05, 0) is 43.3 Å². The smallest absolute Gasteiger partial charge is 0.149 e. The van der Waals surface area contributed by atoms with E-state index in [-0.39, 0.29) is 0 Å². The Hall–Kier alpha value is -3.41. The number of nitrogens with zero attached hydrogens (tertiary/aromatic N) is 4. The van der Waals surface area contributed by atoms with Gasteiger partial charge in [-0.15, -0.1) is 0 Å². The lowest BCUT2D eigenvalue weighted by Gasteiger charge is -2.08. The van der Waals surface area contributed by atoms with Gasteiger partial charge in [0, 0.05) is 11.9 Å². The highest BCUT2D eigenvalue weighted by atomic mass is 16.5. The molecule has 0 saturated heterocycles. The van der Waals surface area contributed by atoms with Crippen LogP contribution in [0.15, 0.2) is 61.1 Å². The number of anilines is 2. The number of aryl methyl sites for hydroxylation is 1. The Morgan fingerprint density at radius 3 is 2.64 bits per heavy atom. The van der Waals surface area contributed by atoms with E-state index in [1.165, 1.54) is 0 Å². The molecule has 6 heteroatoms. The van der Waals surface area contributed by atoms with Gasteiger partial charge in [0.05, 0.1) is 30.9 Å². The van der Waals surface area contributed by atoms with Crippen molar-refractivity contribution in [3.8, 4) is 17.1 Å². The van der Waals surface area contributed by atoms with Crippen molar-refractivity contribution in [3.05, 3.63) is 66.7 Å². The highest BCUT2D eigenvalue weighted by molar-refractivity contribution is 5.66. The number of methoxy groups -OCH3 is 1. The molecular formula is C19H17N5O. The number of fused-ring (bicyclic) bond motifs is 1. The minimum atomic E-state index is 0.674. The van der Waals surface area contributed by atoms with E-state index >= 15 is 0 Å². The van der Waals surface area contributed by atoms with E-state index in [9.17, 15) is 0 Å². The summed E-state index contributed by atoms with van der Waals surface area (Å²) in [6, 6.07) is 13.6. The maximum Gasteiger partial charge on any atom is 0.149 e. The van der Waals surface area contributed by atoms with Crippen LogP contribution in [-0.4, -0.2) is 26.5 Å². The Morgan fingerprint density at radius 2 is 1.84 bits per heavy atom. The van der Waals surface area contributed by atoms with Gasteiger partial charge < -0.3 is 10.1 Å². The van der Waals surface area contributed by atoms with Crippen molar-refractivity contribution in [1.29, 1.82) is 0 Å². The lowest BCUT2D eigenvalue weighted by molar-refractivity contribution is 0.415. The first-order valence-electron chi connectivity index (χ1n) is 7.92. The average molecular weight is 331 g/mol. The van der Waals surface area contributed by atoms with E-state index in [1.807, 2.05) is 60.0 Å². The third kappa shape index (κ3) is 2.89. The zero-order valence-electron chi connectivity index (χ0n) is 14.0. The Bertz CT molecular complexity index is 1020. The average Bonchev–Trinajstić information content (AvgIpc) is 2.98. The van der Waals surface area contributed by atoms with Crippen molar-refractivity contribution in [2.75, 3.05) is 12.4 Å². The summed E-state index contributed by atoms with van der Waals surface area (Å²) in [5, 5.41) is 3.27. The minimum Gasteiger partial charge on any atom is -0.497 e. The quantitative estimate of drug-likeness (QED) is 0.615. The minimum absolute atomic E-state index is 0.674. The van der Waals surface area contributed by atoms with E-state index in [2.05, 4.69) is 15.3 Å². The van der Waals surface area contributed by atoms with Crippen molar-refractivity contribution in [2.45, 2.75) is 6.92 Å². The van der Waals surface area contributed by atoms with Crippen LogP contribution in [0.3, 0.4) is 0 Å². The van der Waals surface area contributed by atoms with Crippen molar-refractivity contribution < 1.29 is 4.74 Å². The van der Waals surface area contributed by atoms with Crippen LogP contribution >= 0.6 is 0 Å². The molecule has 25 heavy (non-hydrogen) atoms. The summed E-state index contributed by atoms with van der Waals surface area (Å²) in [6.45, 7) is 1.98. The first-order valence-corrected chi connectivity index (χ1v) is 7.92. The number of ether oxygens (including phenoxy) is 1. The monoisotopic (exact) mass is 331 g/mol. The second-order valence-electron chi connectivity index (χ2n) is 5.62. The lowest BCUT2D eigenvalue weighted by atomic mass is 10.2. The van der Waals surface area contributed by atoms with E-state index in [0.29, 0.717) is 5.82 Å². The molecule has 1 aromatic carbocycles. The largest absolute Gasteiger partial charge is 0.497 e. The molecule has 0 aliphatic carbocycles. The fourth-order valence-electron chi connectivity index (χ4n) is 2.78. The molecule has 4 rings (SSSR count). The van der Waals surface area contributed by atoms with Gasteiger partial charge in [-0.25, -0.2) is 9.97 Å². The second kappa shape index (κ2) is 6.24. The Labute approximate surface area is 145 Å². The number of rotatable bonds is 4. The van der Waals surface area contributed by atoms with Crippen LogP contribution in [0.2, 0.25) is 0 Å². The molecule has 0 fully saturated rings. The van der Waals surface area contributed by atoms with Crippen LogP contribution in [0.1, 0.15) is 5.69 Å². The Balaban J connectivity index is 1.70. The summed E-state index contributed by atoms with van der Waals surface area (Å²) in [5.41, 5.74) is 4.45. The molecule has 3 heterocycles. The highest BCUT2D eigenvalue weighted by Gasteiger charge is 2.12. The van der Waals surface area contributed by atoms with E-state index < -0.39 is 0 Å². The maximum absolute atomic E-state index is 5.18. The fourth-order valence-corrected chi connectivity index (χ4v) is 2.78. The van der Waals surface area contributed by atoms with Gasteiger partial charge in [0.25, 0.3) is 0 Å². The number of aromatic nitrogens is 4.